The summed E-state index contributed by atoms with van der Waals surface area (Å²) >= 11 is 3.13. The molecular formula is C14H21BrFN3. The Balaban J connectivity index is 1.92. The monoisotopic (exact) mass is 329 g/mol. The largest absolute Gasteiger partial charge is 0.397 e. The minimum absolute atomic E-state index is 0.290. The van der Waals surface area contributed by atoms with E-state index >= 15 is 0 Å². The van der Waals surface area contributed by atoms with Crippen LogP contribution in [0.25, 0.3) is 0 Å². The summed E-state index contributed by atoms with van der Waals surface area (Å²) in [4.78, 5) is 2.47. The van der Waals surface area contributed by atoms with Gasteiger partial charge in [0.2, 0.25) is 0 Å². The Morgan fingerprint density at radius 1 is 1.37 bits per heavy atom. The number of nitrogen functional groups attached to an aromatic ring is 1. The molecule has 0 aliphatic carbocycles. The number of nitrogens with one attached hydrogen (secondary N) is 1. The van der Waals surface area contributed by atoms with Crippen LogP contribution >= 0.6 is 15.9 Å². The summed E-state index contributed by atoms with van der Waals surface area (Å²) in [6, 6.07) is 3.48. The molecule has 0 saturated carbocycles. The highest BCUT2D eigenvalue weighted by Crippen LogP contribution is 2.26. The number of benzene rings is 1. The lowest BCUT2D eigenvalue weighted by molar-refractivity contribution is 0.180. The van der Waals surface area contributed by atoms with Crippen molar-refractivity contribution in [1.29, 1.82) is 0 Å². The molecule has 1 unspecified atom stereocenters. The zero-order chi connectivity index (χ0) is 13.8. The van der Waals surface area contributed by atoms with E-state index in [1.165, 1.54) is 25.3 Å². The van der Waals surface area contributed by atoms with E-state index in [4.69, 9.17) is 5.73 Å². The lowest BCUT2D eigenvalue weighted by atomic mass is 10.1. The standard InChI is InChI=1S/C14H21BrFN3/c1-10(19-5-3-2-4-6-19)9-18-14-8-12(16)11(15)7-13(14)17/h7-8,10,18H,2-6,9,17H2,1H3. The Kier molecular flexibility index (Phi) is 5.05. The van der Waals surface area contributed by atoms with E-state index in [1.54, 1.807) is 6.07 Å². The first kappa shape index (κ1) is 14.6. The molecule has 1 fully saturated rings. The van der Waals surface area contributed by atoms with Crippen molar-refractivity contribution in [3.05, 3.63) is 22.4 Å². The van der Waals surface area contributed by atoms with Crippen LogP contribution < -0.4 is 11.1 Å². The maximum Gasteiger partial charge on any atom is 0.139 e. The summed E-state index contributed by atoms with van der Waals surface area (Å²) in [6.07, 6.45) is 3.89. The first-order chi connectivity index (χ1) is 9.08. The molecule has 19 heavy (non-hydrogen) atoms. The molecule has 1 atom stereocenters. The molecular weight excluding hydrogens is 309 g/mol. The van der Waals surface area contributed by atoms with Gasteiger partial charge in [0.1, 0.15) is 5.82 Å². The summed E-state index contributed by atoms with van der Waals surface area (Å²) in [5, 5.41) is 3.25. The summed E-state index contributed by atoms with van der Waals surface area (Å²) in [5.41, 5.74) is 7.12. The Labute approximate surface area is 122 Å². The van der Waals surface area contributed by atoms with Crippen LogP contribution in [0.4, 0.5) is 15.8 Å². The molecule has 106 valence electrons. The molecule has 1 saturated heterocycles. The van der Waals surface area contributed by atoms with Gasteiger partial charge in [-0.2, -0.15) is 0 Å². The van der Waals surface area contributed by atoms with E-state index in [9.17, 15) is 4.39 Å². The summed E-state index contributed by atoms with van der Waals surface area (Å²) < 4.78 is 13.9. The maximum absolute atomic E-state index is 13.5. The van der Waals surface area contributed by atoms with Crippen LogP contribution in [0.5, 0.6) is 0 Å². The predicted octanol–water partition coefficient (Wildman–Crippen LogP) is 3.46. The van der Waals surface area contributed by atoms with Gasteiger partial charge in [0, 0.05) is 18.7 Å². The second kappa shape index (κ2) is 6.57. The van der Waals surface area contributed by atoms with Gasteiger partial charge >= 0.3 is 0 Å². The number of hydrogen-bond acceptors (Lipinski definition) is 3. The smallest absolute Gasteiger partial charge is 0.139 e. The summed E-state index contributed by atoms with van der Waals surface area (Å²) in [7, 11) is 0. The van der Waals surface area contributed by atoms with Crippen molar-refractivity contribution in [2.45, 2.75) is 32.2 Å². The zero-order valence-electron chi connectivity index (χ0n) is 11.3. The first-order valence-corrected chi connectivity index (χ1v) is 7.59. The number of likely N-dealkylation sites (tertiary alicyclic amines) is 1. The zero-order valence-corrected chi connectivity index (χ0v) is 12.8. The molecule has 0 spiro atoms. The van der Waals surface area contributed by atoms with E-state index in [2.05, 4.69) is 33.1 Å². The van der Waals surface area contributed by atoms with Gasteiger partial charge in [0.25, 0.3) is 0 Å². The van der Waals surface area contributed by atoms with Crippen LogP contribution in [0.2, 0.25) is 0 Å². The lowest BCUT2D eigenvalue weighted by Crippen LogP contribution is -2.41. The predicted molar refractivity (Wildman–Crippen MR) is 81.9 cm³/mol. The Morgan fingerprint density at radius 3 is 2.74 bits per heavy atom. The Hall–Kier alpha value is -0.810. The quantitative estimate of drug-likeness (QED) is 0.831. The number of anilines is 2. The number of halogens is 2. The highest BCUT2D eigenvalue weighted by Gasteiger charge is 2.16. The fourth-order valence-electron chi connectivity index (χ4n) is 2.46. The van der Waals surface area contributed by atoms with Crippen LogP contribution in [0.3, 0.4) is 0 Å². The molecule has 2 rings (SSSR count). The van der Waals surface area contributed by atoms with Crippen LogP contribution in [0, 0.1) is 5.82 Å². The molecule has 1 aliphatic heterocycles. The second-order valence-corrected chi connectivity index (χ2v) is 6.03. The van der Waals surface area contributed by atoms with Gasteiger partial charge in [0.05, 0.1) is 15.8 Å². The third kappa shape index (κ3) is 3.83. The topological polar surface area (TPSA) is 41.3 Å². The van der Waals surface area contributed by atoms with Gasteiger partial charge in [0.15, 0.2) is 0 Å². The minimum atomic E-state index is -0.290. The fourth-order valence-corrected chi connectivity index (χ4v) is 2.82. The summed E-state index contributed by atoms with van der Waals surface area (Å²) in [5.74, 6) is -0.290. The fraction of sp³-hybridized carbons (Fsp3) is 0.571. The first-order valence-electron chi connectivity index (χ1n) is 6.80. The number of piperidine rings is 1. The second-order valence-electron chi connectivity index (χ2n) is 5.18. The lowest BCUT2D eigenvalue weighted by Gasteiger charge is -2.32. The molecule has 1 aromatic carbocycles. The van der Waals surface area contributed by atoms with Crippen molar-refractivity contribution >= 4 is 27.3 Å². The van der Waals surface area contributed by atoms with Gasteiger partial charge < -0.3 is 11.1 Å². The molecule has 0 aromatic heterocycles. The van der Waals surface area contributed by atoms with Crippen molar-refractivity contribution in [1.82, 2.24) is 4.90 Å². The normalized spacial score (nSPS) is 18.3. The van der Waals surface area contributed by atoms with Crippen LogP contribution in [-0.4, -0.2) is 30.6 Å². The van der Waals surface area contributed by atoms with Crippen molar-refractivity contribution < 1.29 is 4.39 Å². The molecule has 3 N–H and O–H groups in total. The number of nitrogens with zero attached hydrogens (tertiary/aromatic N) is 1. The van der Waals surface area contributed by atoms with Crippen LogP contribution in [-0.2, 0) is 0 Å². The number of rotatable bonds is 4. The van der Waals surface area contributed by atoms with E-state index in [0.29, 0.717) is 21.9 Å². The molecule has 3 nitrogen and oxygen atoms in total. The molecule has 0 amide bonds. The van der Waals surface area contributed by atoms with Crippen molar-refractivity contribution in [3.63, 3.8) is 0 Å². The highest BCUT2D eigenvalue weighted by atomic mass is 79.9. The van der Waals surface area contributed by atoms with Crippen LogP contribution in [0.1, 0.15) is 26.2 Å². The highest BCUT2D eigenvalue weighted by molar-refractivity contribution is 9.10. The Bertz CT molecular complexity index is 433. The Morgan fingerprint density at radius 2 is 2.05 bits per heavy atom. The van der Waals surface area contributed by atoms with Gasteiger partial charge in [-0.1, -0.05) is 6.42 Å². The summed E-state index contributed by atoms with van der Waals surface area (Å²) in [6.45, 7) is 5.30. The van der Waals surface area contributed by atoms with E-state index in [-0.39, 0.29) is 5.82 Å². The van der Waals surface area contributed by atoms with Crippen molar-refractivity contribution in [3.8, 4) is 0 Å². The molecule has 5 heteroatoms. The molecule has 1 aliphatic rings. The van der Waals surface area contributed by atoms with Crippen molar-refractivity contribution in [2.75, 3.05) is 30.7 Å². The van der Waals surface area contributed by atoms with Gasteiger partial charge in [-0.25, -0.2) is 4.39 Å². The average molecular weight is 330 g/mol. The third-order valence-electron chi connectivity index (χ3n) is 3.69. The average Bonchev–Trinajstić information content (AvgIpc) is 2.42. The molecule has 1 aromatic rings. The number of nitrogens with two attached hydrogens (primary N) is 1. The number of hydrogen-bond donors (Lipinski definition) is 2. The van der Waals surface area contributed by atoms with E-state index in [1.807, 2.05) is 0 Å². The molecule has 0 radical (unpaired) electrons. The van der Waals surface area contributed by atoms with Gasteiger partial charge in [-0.05, 0) is 54.9 Å². The van der Waals surface area contributed by atoms with Gasteiger partial charge in [-0.15, -0.1) is 0 Å². The van der Waals surface area contributed by atoms with E-state index < -0.39 is 0 Å². The van der Waals surface area contributed by atoms with Crippen molar-refractivity contribution in [2.24, 2.45) is 0 Å². The maximum atomic E-state index is 13.5. The minimum Gasteiger partial charge on any atom is -0.397 e. The van der Waals surface area contributed by atoms with E-state index in [0.717, 1.165) is 19.6 Å². The molecule has 1 heterocycles. The third-order valence-corrected chi connectivity index (χ3v) is 4.30. The SMILES string of the molecule is CC(CNc1cc(F)c(Br)cc1N)N1CCCCC1. The van der Waals surface area contributed by atoms with Gasteiger partial charge in [-0.3, -0.25) is 4.90 Å². The molecule has 0 bridgehead atoms. The van der Waals surface area contributed by atoms with Crippen LogP contribution in [0.15, 0.2) is 16.6 Å².